The average molecular weight is 427 g/mol. The van der Waals surface area contributed by atoms with Gasteiger partial charge in [-0.3, -0.25) is 8.37 Å². The van der Waals surface area contributed by atoms with Gasteiger partial charge >= 0.3 is 0 Å². The predicted molar refractivity (Wildman–Crippen MR) is 107 cm³/mol. The second kappa shape index (κ2) is 9.17. The molecule has 0 heterocycles. The fourth-order valence-electron chi connectivity index (χ4n) is 2.27. The van der Waals surface area contributed by atoms with E-state index in [-0.39, 0.29) is 34.8 Å². The van der Waals surface area contributed by atoms with Crippen molar-refractivity contribution in [1.82, 2.24) is 0 Å². The standard InChI is InChI=1S/C20H26O6S2/c1-15-5-9-19(10-6-15)27(21,22)25-13-17(3)18(4)14-26-28(23,24)20-11-7-16(2)8-12-20/h5-12,17-18H,13-14H2,1-4H3/t17-,18+. The molecule has 0 unspecified atom stereocenters. The van der Waals surface area contributed by atoms with Crippen molar-refractivity contribution >= 4 is 20.2 Å². The average Bonchev–Trinajstić information content (AvgIpc) is 2.65. The van der Waals surface area contributed by atoms with Gasteiger partial charge in [0, 0.05) is 0 Å². The van der Waals surface area contributed by atoms with Crippen LogP contribution in [-0.4, -0.2) is 30.0 Å². The van der Waals surface area contributed by atoms with Crippen molar-refractivity contribution < 1.29 is 25.2 Å². The van der Waals surface area contributed by atoms with Crippen LogP contribution in [0.25, 0.3) is 0 Å². The van der Waals surface area contributed by atoms with Crippen LogP contribution in [0.15, 0.2) is 58.3 Å². The lowest BCUT2D eigenvalue weighted by Crippen LogP contribution is -2.23. The minimum absolute atomic E-state index is 0.0642. The molecule has 2 atom stereocenters. The Kier molecular flexibility index (Phi) is 7.39. The molecule has 0 aliphatic heterocycles. The van der Waals surface area contributed by atoms with Crippen molar-refractivity contribution in [1.29, 1.82) is 0 Å². The van der Waals surface area contributed by atoms with Crippen molar-refractivity contribution in [2.75, 3.05) is 13.2 Å². The Balaban J connectivity index is 1.91. The Morgan fingerprint density at radius 1 is 0.643 bits per heavy atom. The molecule has 0 saturated carbocycles. The predicted octanol–water partition coefficient (Wildman–Crippen LogP) is 3.69. The van der Waals surface area contributed by atoms with Gasteiger partial charge in [0.1, 0.15) is 0 Å². The molecule has 0 aromatic heterocycles. The Labute approximate surface area is 167 Å². The zero-order chi connectivity index (χ0) is 20.9. The maximum Gasteiger partial charge on any atom is 0.296 e. The quantitative estimate of drug-likeness (QED) is 0.569. The molecule has 0 fully saturated rings. The third-order valence-corrected chi connectivity index (χ3v) is 7.15. The molecule has 0 bridgehead atoms. The molecule has 0 amide bonds. The van der Waals surface area contributed by atoms with Gasteiger partial charge in [0.05, 0.1) is 23.0 Å². The molecular weight excluding hydrogens is 400 g/mol. The van der Waals surface area contributed by atoms with E-state index >= 15 is 0 Å². The first-order valence-corrected chi connectivity index (χ1v) is 11.7. The molecule has 0 saturated heterocycles. The molecule has 2 aromatic rings. The summed E-state index contributed by atoms with van der Waals surface area (Å²) in [5.74, 6) is -0.457. The highest BCUT2D eigenvalue weighted by atomic mass is 32.2. The topological polar surface area (TPSA) is 86.7 Å². The van der Waals surface area contributed by atoms with E-state index < -0.39 is 20.2 Å². The summed E-state index contributed by atoms with van der Waals surface area (Å²) >= 11 is 0. The molecule has 0 spiro atoms. The lowest BCUT2D eigenvalue weighted by Gasteiger charge is -2.19. The van der Waals surface area contributed by atoms with Crippen LogP contribution in [0.2, 0.25) is 0 Å². The molecule has 0 aliphatic rings. The number of rotatable bonds is 9. The van der Waals surface area contributed by atoms with Gasteiger partial charge in [-0.1, -0.05) is 49.2 Å². The Bertz CT molecular complexity index is 894. The first-order valence-electron chi connectivity index (χ1n) is 8.93. The third-order valence-electron chi connectivity index (χ3n) is 4.56. The molecule has 154 valence electrons. The van der Waals surface area contributed by atoms with Crippen LogP contribution >= 0.6 is 0 Å². The normalized spacial score (nSPS) is 14.6. The molecule has 28 heavy (non-hydrogen) atoms. The Hall–Kier alpha value is -1.74. The Morgan fingerprint density at radius 3 is 1.21 bits per heavy atom. The lowest BCUT2D eigenvalue weighted by molar-refractivity contribution is 0.169. The summed E-state index contributed by atoms with van der Waals surface area (Å²) < 4.78 is 59.3. The van der Waals surface area contributed by atoms with Crippen molar-refractivity contribution in [2.45, 2.75) is 37.5 Å². The Morgan fingerprint density at radius 2 is 0.929 bits per heavy atom. The van der Waals surface area contributed by atoms with Crippen LogP contribution in [-0.2, 0) is 28.6 Å². The van der Waals surface area contributed by atoms with E-state index in [1.54, 1.807) is 38.1 Å². The van der Waals surface area contributed by atoms with E-state index in [0.717, 1.165) is 11.1 Å². The van der Waals surface area contributed by atoms with Gasteiger partial charge < -0.3 is 0 Å². The van der Waals surface area contributed by atoms with Gasteiger partial charge in [-0.05, 0) is 49.9 Å². The highest BCUT2D eigenvalue weighted by molar-refractivity contribution is 7.87. The van der Waals surface area contributed by atoms with Crippen LogP contribution < -0.4 is 0 Å². The van der Waals surface area contributed by atoms with Crippen LogP contribution in [0.1, 0.15) is 25.0 Å². The zero-order valence-corrected chi connectivity index (χ0v) is 18.1. The van der Waals surface area contributed by atoms with Gasteiger partial charge in [-0.2, -0.15) is 16.8 Å². The monoisotopic (exact) mass is 426 g/mol. The van der Waals surface area contributed by atoms with E-state index in [1.807, 2.05) is 13.8 Å². The van der Waals surface area contributed by atoms with Crippen LogP contribution in [0, 0.1) is 25.7 Å². The van der Waals surface area contributed by atoms with Crippen LogP contribution in [0.3, 0.4) is 0 Å². The van der Waals surface area contributed by atoms with E-state index in [1.165, 1.54) is 24.3 Å². The molecule has 0 radical (unpaired) electrons. The fourth-order valence-corrected chi connectivity index (χ4v) is 4.27. The van der Waals surface area contributed by atoms with Gasteiger partial charge in [0.2, 0.25) is 0 Å². The maximum absolute atomic E-state index is 12.3. The van der Waals surface area contributed by atoms with E-state index in [2.05, 4.69) is 0 Å². The summed E-state index contributed by atoms with van der Waals surface area (Å²) in [5.41, 5.74) is 1.90. The minimum atomic E-state index is -3.86. The van der Waals surface area contributed by atoms with Gasteiger partial charge in [0.15, 0.2) is 0 Å². The van der Waals surface area contributed by atoms with Crippen molar-refractivity contribution in [3.63, 3.8) is 0 Å². The van der Waals surface area contributed by atoms with Gasteiger partial charge in [0.25, 0.3) is 20.2 Å². The van der Waals surface area contributed by atoms with Crippen molar-refractivity contribution in [3.8, 4) is 0 Å². The van der Waals surface area contributed by atoms with Crippen LogP contribution in [0.4, 0.5) is 0 Å². The summed E-state index contributed by atoms with van der Waals surface area (Å²) in [7, 11) is -7.71. The SMILES string of the molecule is Cc1ccc(S(=O)(=O)OC[C@@H](C)[C@@H](C)COS(=O)(=O)c2ccc(C)cc2)cc1. The summed E-state index contributed by atoms with van der Waals surface area (Å²) in [6.07, 6.45) is 0. The number of aryl methyl sites for hydroxylation is 2. The second-order valence-electron chi connectivity index (χ2n) is 7.06. The summed E-state index contributed by atoms with van der Waals surface area (Å²) in [4.78, 5) is 0.187. The molecule has 0 aliphatic carbocycles. The maximum atomic E-state index is 12.3. The smallest absolute Gasteiger partial charge is 0.266 e. The second-order valence-corrected chi connectivity index (χ2v) is 10.3. The van der Waals surface area contributed by atoms with Crippen molar-refractivity contribution in [2.24, 2.45) is 11.8 Å². The zero-order valence-electron chi connectivity index (χ0n) is 16.5. The van der Waals surface area contributed by atoms with Gasteiger partial charge in [-0.15, -0.1) is 0 Å². The highest BCUT2D eigenvalue weighted by Gasteiger charge is 2.22. The molecular formula is C20H26O6S2. The van der Waals surface area contributed by atoms with Crippen molar-refractivity contribution in [3.05, 3.63) is 59.7 Å². The largest absolute Gasteiger partial charge is 0.296 e. The first-order chi connectivity index (χ1) is 13.0. The van der Waals surface area contributed by atoms with Gasteiger partial charge in [-0.25, -0.2) is 0 Å². The summed E-state index contributed by atoms with van der Waals surface area (Å²) in [6.45, 7) is 7.18. The van der Waals surface area contributed by atoms with E-state index in [9.17, 15) is 16.8 Å². The van der Waals surface area contributed by atoms with E-state index in [4.69, 9.17) is 8.37 Å². The summed E-state index contributed by atoms with van der Waals surface area (Å²) in [6, 6.07) is 12.8. The molecule has 6 nitrogen and oxygen atoms in total. The number of hydrogen-bond acceptors (Lipinski definition) is 6. The number of benzene rings is 2. The first kappa shape index (κ1) is 22.5. The fraction of sp³-hybridized carbons (Fsp3) is 0.400. The summed E-state index contributed by atoms with van der Waals surface area (Å²) in [5, 5.41) is 0. The number of hydrogen-bond donors (Lipinski definition) is 0. The molecule has 2 aromatic carbocycles. The van der Waals surface area contributed by atoms with E-state index in [0.29, 0.717) is 0 Å². The third kappa shape index (κ3) is 6.13. The minimum Gasteiger partial charge on any atom is -0.266 e. The molecule has 0 N–H and O–H groups in total. The highest BCUT2D eigenvalue weighted by Crippen LogP contribution is 2.20. The molecule has 2 rings (SSSR count). The molecule has 8 heteroatoms. The van der Waals surface area contributed by atoms with Crippen LogP contribution in [0.5, 0.6) is 0 Å². The lowest BCUT2D eigenvalue weighted by atomic mass is 9.98.